The zero-order valence-electron chi connectivity index (χ0n) is 7.42. The Balaban J connectivity index is 2.13. The highest BCUT2D eigenvalue weighted by Crippen LogP contribution is 2.11. The molecule has 0 nitrogen and oxygen atoms in total. The van der Waals surface area contributed by atoms with Crippen LogP contribution in [0.15, 0.2) is 30.3 Å². The van der Waals surface area contributed by atoms with Crippen LogP contribution in [0.2, 0.25) is 0 Å². The Morgan fingerprint density at radius 3 is 2.46 bits per heavy atom. The monoisotopic (exact) mass is 183 g/mol. The number of benzene rings is 1. The molecule has 0 aliphatic heterocycles. The van der Waals surface area contributed by atoms with Gasteiger partial charge in [-0.2, -0.15) is 0 Å². The van der Waals surface area contributed by atoms with Gasteiger partial charge in [-0.25, -0.2) is 8.78 Å². The van der Waals surface area contributed by atoms with E-state index in [4.69, 9.17) is 0 Å². The lowest BCUT2D eigenvalue weighted by Gasteiger charge is -2.00. The van der Waals surface area contributed by atoms with E-state index in [1.807, 2.05) is 36.8 Å². The van der Waals surface area contributed by atoms with Crippen LogP contribution in [0, 0.1) is 6.42 Å². The molecule has 0 atom stereocenters. The standard InChI is InChI=1S/C11H13F2/c12-11(13)9-5-4-8-10-6-2-1-3-7-10/h1-3,6-8,11H,4-5,9H2. The van der Waals surface area contributed by atoms with Crippen LogP contribution in [0.5, 0.6) is 0 Å². The minimum absolute atomic E-state index is 0.00331. The molecular weight excluding hydrogens is 170 g/mol. The van der Waals surface area contributed by atoms with Gasteiger partial charge >= 0.3 is 0 Å². The highest BCUT2D eigenvalue weighted by Gasteiger charge is 2.01. The highest BCUT2D eigenvalue weighted by molar-refractivity contribution is 5.21. The number of hydrogen-bond acceptors (Lipinski definition) is 0. The summed E-state index contributed by atoms with van der Waals surface area (Å²) in [5.41, 5.74) is 1.11. The molecule has 71 valence electrons. The summed E-state index contributed by atoms with van der Waals surface area (Å²) in [4.78, 5) is 0. The molecule has 13 heavy (non-hydrogen) atoms. The van der Waals surface area contributed by atoms with Crippen molar-refractivity contribution in [3.63, 3.8) is 0 Å². The predicted molar refractivity (Wildman–Crippen MR) is 49.7 cm³/mol. The van der Waals surface area contributed by atoms with Crippen molar-refractivity contribution in [2.45, 2.75) is 25.7 Å². The van der Waals surface area contributed by atoms with Gasteiger partial charge < -0.3 is 0 Å². The third kappa shape index (κ3) is 4.61. The van der Waals surface area contributed by atoms with Crippen molar-refractivity contribution in [2.24, 2.45) is 0 Å². The van der Waals surface area contributed by atoms with Crippen LogP contribution >= 0.6 is 0 Å². The fourth-order valence-electron chi connectivity index (χ4n) is 1.13. The first-order chi connectivity index (χ1) is 6.29. The molecule has 2 heteroatoms. The summed E-state index contributed by atoms with van der Waals surface area (Å²) in [6.07, 6.45) is 1.12. The van der Waals surface area contributed by atoms with E-state index in [2.05, 4.69) is 0 Å². The number of hydrogen-bond donors (Lipinski definition) is 0. The molecule has 1 rings (SSSR count). The van der Waals surface area contributed by atoms with Crippen molar-refractivity contribution in [1.82, 2.24) is 0 Å². The first-order valence-corrected chi connectivity index (χ1v) is 4.45. The van der Waals surface area contributed by atoms with Gasteiger partial charge in [0.15, 0.2) is 0 Å². The average Bonchev–Trinajstić information content (AvgIpc) is 2.14. The number of unbranched alkanes of at least 4 members (excludes halogenated alkanes) is 1. The van der Waals surface area contributed by atoms with Crippen LogP contribution in [0.25, 0.3) is 0 Å². The van der Waals surface area contributed by atoms with Gasteiger partial charge in [0.05, 0.1) is 0 Å². The van der Waals surface area contributed by atoms with Gasteiger partial charge in [-0.3, -0.25) is 0 Å². The molecule has 1 aromatic rings. The van der Waals surface area contributed by atoms with Gasteiger partial charge in [0.25, 0.3) is 0 Å². The van der Waals surface area contributed by atoms with E-state index in [-0.39, 0.29) is 6.42 Å². The largest absolute Gasteiger partial charge is 0.238 e. The van der Waals surface area contributed by atoms with Crippen LogP contribution in [-0.4, -0.2) is 6.43 Å². The predicted octanol–water partition coefficient (Wildman–Crippen LogP) is 3.67. The fraction of sp³-hybridized carbons (Fsp3) is 0.364. The maximum atomic E-state index is 11.7. The molecule has 0 saturated carbocycles. The molecule has 0 fully saturated rings. The minimum atomic E-state index is -2.16. The molecule has 0 aliphatic rings. The highest BCUT2D eigenvalue weighted by atomic mass is 19.3. The molecule has 1 aromatic carbocycles. The second-order valence-electron chi connectivity index (χ2n) is 2.94. The second-order valence-corrected chi connectivity index (χ2v) is 2.94. The van der Waals surface area contributed by atoms with Crippen LogP contribution in [0.1, 0.15) is 24.8 Å². The van der Waals surface area contributed by atoms with Crippen LogP contribution in [0.4, 0.5) is 8.78 Å². The summed E-state index contributed by atoms with van der Waals surface area (Å²) in [5, 5.41) is 0. The van der Waals surface area contributed by atoms with Gasteiger partial charge in [-0.1, -0.05) is 30.3 Å². The summed E-state index contributed by atoms with van der Waals surface area (Å²) in [7, 11) is 0. The van der Waals surface area contributed by atoms with E-state index in [0.717, 1.165) is 12.0 Å². The van der Waals surface area contributed by atoms with Gasteiger partial charge in [0.2, 0.25) is 6.43 Å². The Kier molecular flexibility index (Phi) is 4.44. The van der Waals surface area contributed by atoms with Crippen molar-refractivity contribution >= 4 is 0 Å². The summed E-state index contributed by atoms with van der Waals surface area (Å²) in [6, 6.07) is 9.78. The third-order valence-corrected chi connectivity index (χ3v) is 1.81. The molecule has 0 saturated heterocycles. The Morgan fingerprint density at radius 2 is 1.85 bits per heavy atom. The molecule has 0 spiro atoms. The topological polar surface area (TPSA) is 0 Å². The fourth-order valence-corrected chi connectivity index (χ4v) is 1.13. The molecule has 1 radical (unpaired) electrons. The van der Waals surface area contributed by atoms with Gasteiger partial charge in [0.1, 0.15) is 0 Å². The van der Waals surface area contributed by atoms with Crippen molar-refractivity contribution in [3.8, 4) is 0 Å². The normalized spacial score (nSPS) is 10.7. The molecule has 0 aromatic heterocycles. The second kappa shape index (κ2) is 5.68. The van der Waals surface area contributed by atoms with Crippen molar-refractivity contribution in [3.05, 3.63) is 42.3 Å². The summed E-state index contributed by atoms with van der Waals surface area (Å²) >= 11 is 0. The van der Waals surface area contributed by atoms with E-state index in [9.17, 15) is 8.78 Å². The summed E-state index contributed by atoms with van der Waals surface area (Å²) < 4.78 is 23.5. The van der Waals surface area contributed by atoms with Gasteiger partial charge in [-0.05, 0) is 24.8 Å². The van der Waals surface area contributed by atoms with E-state index >= 15 is 0 Å². The number of alkyl halides is 2. The first kappa shape index (κ1) is 10.2. The number of rotatable bonds is 5. The molecule has 0 bridgehead atoms. The van der Waals surface area contributed by atoms with Crippen molar-refractivity contribution in [2.75, 3.05) is 0 Å². The zero-order chi connectivity index (χ0) is 9.52. The Bertz CT molecular complexity index is 219. The van der Waals surface area contributed by atoms with Crippen molar-refractivity contribution < 1.29 is 8.78 Å². The van der Waals surface area contributed by atoms with Crippen LogP contribution < -0.4 is 0 Å². The summed E-state index contributed by atoms with van der Waals surface area (Å²) in [6.45, 7) is 0. The van der Waals surface area contributed by atoms with Crippen LogP contribution in [-0.2, 0) is 0 Å². The lowest BCUT2D eigenvalue weighted by Crippen LogP contribution is -1.90. The molecule has 0 heterocycles. The lowest BCUT2D eigenvalue weighted by atomic mass is 10.1. The lowest BCUT2D eigenvalue weighted by molar-refractivity contribution is 0.135. The minimum Gasteiger partial charge on any atom is -0.211 e. The van der Waals surface area contributed by atoms with Crippen LogP contribution in [0.3, 0.4) is 0 Å². The number of halogens is 2. The Morgan fingerprint density at radius 1 is 1.15 bits per heavy atom. The SMILES string of the molecule is FC(F)CCC[CH]c1ccccc1. The molecule has 0 N–H and O–H groups in total. The quantitative estimate of drug-likeness (QED) is 0.611. The van der Waals surface area contributed by atoms with E-state index in [0.29, 0.717) is 6.42 Å². The van der Waals surface area contributed by atoms with Crippen molar-refractivity contribution in [1.29, 1.82) is 0 Å². The van der Waals surface area contributed by atoms with E-state index in [1.54, 1.807) is 0 Å². The summed E-state index contributed by atoms with van der Waals surface area (Å²) in [5.74, 6) is 0. The Labute approximate surface area is 77.6 Å². The van der Waals surface area contributed by atoms with E-state index < -0.39 is 6.43 Å². The average molecular weight is 183 g/mol. The molecular formula is C11H13F2. The molecule has 0 unspecified atom stereocenters. The van der Waals surface area contributed by atoms with Gasteiger partial charge in [-0.15, -0.1) is 0 Å². The van der Waals surface area contributed by atoms with E-state index in [1.165, 1.54) is 0 Å². The molecule has 0 amide bonds. The van der Waals surface area contributed by atoms with Gasteiger partial charge in [0, 0.05) is 6.42 Å². The first-order valence-electron chi connectivity index (χ1n) is 4.45. The maximum absolute atomic E-state index is 11.7. The third-order valence-electron chi connectivity index (χ3n) is 1.81. The smallest absolute Gasteiger partial charge is 0.211 e. The molecule has 0 aliphatic carbocycles. The Hall–Kier alpha value is -0.920. The maximum Gasteiger partial charge on any atom is 0.238 e. The zero-order valence-corrected chi connectivity index (χ0v) is 7.42.